The van der Waals surface area contributed by atoms with Crippen molar-refractivity contribution in [1.82, 2.24) is 24.6 Å². The highest BCUT2D eigenvalue weighted by atomic mass is 15.3. The van der Waals surface area contributed by atoms with E-state index in [1.165, 1.54) is 5.56 Å². The molecule has 0 spiro atoms. The van der Waals surface area contributed by atoms with Crippen LogP contribution in [0.3, 0.4) is 0 Å². The van der Waals surface area contributed by atoms with E-state index in [1.807, 2.05) is 23.9 Å². The normalized spacial score (nSPS) is 19.3. The average Bonchev–Trinajstić information content (AvgIpc) is 3.07. The van der Waals surface area contributed by atoms with Gasteiger partial charge in [-0.3, -0.25) is 9.58 Å². The Morgan fingerprint density at radius 1 is 1.33 bits per heavy atom. The highest BCUT2D eigenvalue weighted by Gasteiger charge is 2.26. The molecule has 3 heterocycles. The largest absolute Gasteiger partial charge is 0.298 e. The lowest BCUT2D eigenvalue weighted by molar-refractivity contribution is 0.325. The van der Waals surface area contributed by atoms with Gasteiger partial charge in [0.05, 0.1) is 5.69 Å². The topological polar surface area (TPSA) is 46.8 Å². The Hall–Kier alpha value is -1.75. The summed E-state index contributed by atoms with van der Waals surface area (Å²) in [6, 6.07) is 1.96. The molecule has 112 valence electrons. The van der Waals surface area contributed by atoms with Crippen LogP contribution >= 0.6 is 0 Å². The second-order valence-corrected chi connectivity index (χ2v) is 5.87. The maximum atomic E-state index is 4.58. The predicted molar refractivity (Wildman–Crippen MR) is 82.0 cm³/mol. The van der Waals surface area contributed by atoms with Crippen LogP contribution < -0.4 is 0 Å². The zero-order valence-corrected chi connectivity index (χ0v) is 13.1. The van der Waals surface area contributed by atoms with Gasteiger partial charge in [-0.25, -0.2) is 9.97 Å². The molecule has 1 fully saturated rings. The molecule has 0 saturated carbocycles. The number of rotatable bonds is 4. The molecule has 0 N–H and O–H groups in total. The van der Waals surface area contributed by atoms with Gasteiger partial charge < -0.3 is 0 Å². The third kappa shape index (κ3) is 3.13. The summed E-state index contributed by atoms with van der Waals surface area (Å²) in [5.41, 5.74) is 3.54. The minimum Gasteiger partial charge on any atom is -0.298 e. The van der Waals surface area contributed by atoms with Crippen LogP contribution in [0, 0.1) is 13.8 Å². The van der Waals surface area contributed by atoms with Crippen molar-refractivity contribution in [3.05, 3.63) is 41.2 Å². The number of hydrogen-bond acceptors (Lipinski definition) is 4. The Labute approximate surface area is 126 Å². The van der Waals surface area contributed by atoms with Gasteiger partial charge in [-0.15, -0.1) is 0 Å². The SMILES string of the molecule is CCn1cc(CN2CC[C@@H](c3nccc(C)n3)C2)c(C)n1. The van der Waals surface area contributed by atoms with E-state index in [-0.39, 0.29) is 0 Å². The standard InChI is InChI=1S/C16H23N5/c1-4-21-11-15(13(3)19-21)10-20-8-6-14(9-20)16-17-7-5-12(2)18-16/h5,7,11,14H,4,6,8-10H2,1-3H3/t14-/m1/s1. The predicted octanol–water partition coefficient (Wildman–Crippen LogP) is 2.30. The van der Waals surface area contributed by atoms with Crippen LogP contribution in [0.1, 0.15) is 42.0 Å². The first-order chi connectivity index (χ1) is 10.2. The summed E-state index contributed by atoms with van der Waals surface area (Å²) >= 11 is 0. The quantitative estimate of drug-likeness (QED) is 0.865. The average molecular weight is 285 g/mol. The van der Waals surface area contributed by atoms with E-state index in [2.05, 4.69) is 40.0 Å². The van der Waals surface area contributed by atoms with Gasteiger partial charge in [0.15, 0.2) is 0 Å². The Morgan fingerprint density at radius 2 is 2.19 bits per heavy atom. The zero-order chi connectivity index (χ0) is 14.8. The van der Waals surface area contributed by atoms with Crippen molar-refractivity contribution in [3.8, 4) is 0 Å². The first-order valence-corrected chi connectivity index (χ1v) is 7.70. The monoisotopic (exact) mass is 285 g/mol. The van der Waals surface area contributed by atoms with Crippen molar-refractivity contribution in [2.45, 2.75) is 46.2 Å². The van der Waals surface area contributed by atoms with Crippen molar-refractivity contribution in [3.63, 3.8) is 0 Å². The Kier molecular flexibility index (Phi) is 4.01. The molecular formula is C16H23N5. The van der Waals surface area contributed by atoms with E-state index < -0.39 is 0 Å². The fourth-order valence-electron chi connectivity index (χ4n) is 2.97. The van der Waals surface area contributed by atoms with Crippen LogP contribution in [0.4, 0.5) is 0 Å². The third-order valence-electron chi connectivity index (χ3n) is 4.22. The van der Waals surface area contributed by atoms with E-state index in [9.17, 15) is 0 Å². The van der Waals surface area contributed by atoms with E-state index in [0.29, 0.717) is 5.92 Å². The third-order valence-corrected chi connectivity index (χ3v) is 4.22. The van der Waals surface area contributed by atoms with Gasteiger partial charge in [0.2, 0.25) is 0 Å². The first kappa shape index (κ1) is 14.2. The lowest BCUT2D eigenvalue weighted by Crippen LogP contribution is -2.20. The minimum atomic E-state index is 0.464. The summed E-state index contributed by atoms with van der Waals surface area (Å²) in [6.07, 6.45) is 5.19. The van der Waals surface area contributed by atoms with Gasteiger partial charge in [-0.05, 0) is 39.8 Å². The van der Waals surface area contributed by atoms with Crippen molar-refractivity contribution < 1.29 is 0 Å². The zero-order valence-electron chi connectivity index (χ0n) is 13.1. The molecule has 1 aliphatic rings. The fourth-order valence-corrected chi connectivity index (χ4v) is 2.97. The molecule has 0 amide bonds. The van der Waals surface area contributed by atoms with Crippen LogP contribution in [0.15, 0.2) is 18.5 Å². The molecular weight excluding hydrogens is 262 g/mol. The van der Waals surface area contributed by atoms with Crippen LogP contribution in [0.2, 0.25) is 0 Å². The summed E-state index contributed by atoms with van der Waals surface area (Å²) in [5, 5.41) is 4.53. The van der Waals surface area contributed by atoms with E-state index >= 15 is 0 Å². The second kappa shape index (κ2) is 5.93. The molecule has 0 radical (unpaired) electrons. The maximum Gasteiger partial charge on any atom is 0.132 e. The highest BCUT2D eigenvalue weighted by molar-refractivity contribution is 5.16. The van der Waals surface area contributed by atoms with Crippen molar-refractivity contribution >= 4 is 0 Å². The number of aryl methyl sites for hydroxylation is 3. The number of likely N-dealkylation sites (tertiary alicyclic amines) is 1. The number of hydrogen-bond donors (Lipinski definition) is 0. The molecule has 1 aliphatic heterocycles. The van der Waals surface area contributed by atoms with Crippen LogP contribution in [0.5, 0.6) is 0 Å². The molecule has 0 aliphatic carbocycles. The lowest BCUT2D eigenvalue weighted by Gasteiger charge is -2.15. The summed E-state index contributed by atoms with van der Waals surface area (Å²) < 4.78 is 2.02. The molecule has 0 bridgehead atoms. The van der Waals surface area contributed by atoms with Gasteiger partial charge >= 0.3 is 0 Å². The van der Waals surface area contributed by atoms with Crippen LogP contribution in [0.25, 0.3) is 0 Å². The molecule has 1 atom stereocenters. The Bertz CT molecular complexity index is 619. The van der Waals surface area contributed by atoms with Crippen LogP contribution in [-0.4, -0.2) is 37.7 Å². The van der Waals surface area contributed by atoms with Gasteiger partial charge in [-0.2, -0.15) is 5.10 Å². The van der Waals surface area contributed by atoms with Crippen molar-refractivity contribution in [2.75, 3.05) is 13.1 Å². The Morgan fingerprint density at radius 3 is 2.90 bits per heavy atom. The summed E-state index contributed by atoms with van der Waals surface area (Å²) in [7, 11) is 0. The second-order valence-electron chi connectivity index (χ2n) is 5.87. The van der Waals surface area contributed by atoms with Gasteiger partial charge in [0.1, 0.15) is 5.82 Å². The number of nitrogens with zero attached hydrogens (tertiary/aromatic N) is 5. The van der Waals surface area contributed by atoms with Crippen molar-refractivity contribution in [2.24, 2.45) is 0 Å². The molecule has 2 aromatic rings. The van der Waals surface area contributed by atoms with Crippen LogP contribution in [-0.2, 0) is 13.1 Å². The summed E-state index contributed by atoms with van der Waals surface area (Å²) in [5.74, 6) is 1.46. The molecule has 5 nitrogen and oxygen atoms in total. The fraction of sp³-hybridized carbons (Fsp3) is 0.562. The smallest absolute Gasteiger partial charge is 0.132 e. The van der Waals surface area contributed by atoms with E-state index in [1.54, 1.807) is 0 Å². The summed E-state index contributed by atoms with van der Waals surface area (Å²) in [6.45, 7) is 10.3. The minimum absolute atomic E-state index is 0.464. The van der Waals surface area contributed by atoms with Gasteiger partial charge in [0, 0.05) is 49.2 Å². The van der Waals surface area contributed by atoms with E-state index in [4.69, 9.17) is 0 Å². The molecule has 1 saturated heterocycles. The molecule has 0 aromatic carbocycles. The molecule has 2 aromatic heterocycles. The van der Waals surface area contributed by atoms with Gasteiger partial charge in [-0.1, -0.05) is 0 Å². The highest BCUT2D eigenvalue weighted by Crippen LogP contribution is 2.26. The van der Waals surface area contributed by atoms with Gasteiger partial charge in [0.25, 0.3) is 0 Å². The molecule has 21 heavy (non-hydrogen) atoms. The van der Waals surface area contributed by atoms with Crippen molar-refractivity contribution in [1.29, 1.82) is 0 Å². The molecule has 0 unspecified atom stereocenters. The first-order valence-electron chi connectivity index (χ1n) is 7.70. The number of aromatic nitrogens is 4. The summed E-state index contributed by atoms with van der Waals surface area (Å²) in [4.78, 5) is 11.5. The Balaban J connectivity index is 1.65. The lowest BCUT2D eigenvalue weighted by atomic mass is 10.1. The van der Waals surface area contributed by atoms with E-state index in [0.717, 1.165) is 49.8 Å². The maximum absolute atomic E-state index is 4.58. The molecule has 3 rings (SSSR count). The molecule has 5 heteroatoms.